The van der Waals surface area contributed by atoms with Crippen LogP contribution in [-0.4, -0.2) is 86.3 Å². The van der Waals surface area contributed by atoms with Crippen LogP contribution >= 0.6 is 0 Å². The van der Waals surface area contributed by atoms with Gasteiger partial charge in [-0.25, -0.2) is 0 Å². The number of rotatable bonds is 5. The van der Waals surface area contributed by atoms with Crippen molar-refractivity contribution < 1.29 is 4.74 Å². The molecule has 3 aliphatic heterocycles. The molecule has 0 bridgehead atoms. The molecule has 0 aromatic carbocycles. The Labute approximate surface area is 150 Å². The largest absolute Gasteiger partial charge is 0.377 e. The number of hydrogen-bond acceptors (Lipinski definition) is 4. The topological polar surface area (TPSA) is 19.0 Å². The van der Waals surface area contributed by atoms with Gasteiger partial charge in [-0.05, 0) is 57.8 Å². The van der Waals surface area contributed by atoms with Gasteiger partial charge < -0.3 is 14.5 Å². The molecule has 24 heavy (non-hydrogen) atoms. The van der Waals surface area contributed by atoms with Crippen LogP contribution in [0.5, 0.6) is 0 Å². The molecule has 0 radical (unpaired) electrons. The summed E-state index contributed by atoms with van der Waals surface area (Å²) in [4.78, 5) is 7.91. The Balaban J connectivity index is 0.00000100. The summed E-state index contributed by atoms with van der Waals surface area (Å²) in [7, 11) is 2.25. The van der Waals surface area contributed by atoms with E-state index in [9.17, 15) is 0 Å². The number of nitrogens with zero attached hydrogens (tertiary/aromatic N) is 3. The molecule has 3 aliphatic rings. The van der Waals surface area contributed by atoms with Crippen molar-refractivity contribution in [2.75, 3.05) is 66.1 Å². The Morgan fingerprint density at radius 1 is 1.04 bits per heavy atom. The van der Waals surface area contributed by atoms with Crippen molar-refractivity contribution in [3.05, 3.63) is 0 Å². The second-order valence-electron chi connectivity index (χ2n) is 8.37. The molecule has 3 saturated heterocycles. The molecule has 0 unspecified atom stereocenters. The number of piperazine rings is 1. The summed E-state index contributed by atoms with van der Waals surface area (Å²) in [5, 5.41) is 0. The molecule has 0 N–H and O–H groups in total. The predicted octanol–water partition coefficient (Wildman–Crippen LogP) is 2.79. The molecule has 0 aromatic heterocycles. The van der Waals surface area contributed by atoms with E-state index < -0.39 is 0 Å². The third-order valence-corrected chi connectivity index (χ3v) is 5.89. The van der Waals surface area contributed by atoms with Crippen LogP contribution in [0.1, 0.15) is 47.0 Å². The molecule has 3 heterocycles. The molecule has 0 atom stereocenters. The van der Waals surface area contributed by atoms with Crippen molar-refractivity contribution >= 4 is 0 Å². The molecule has 3 rings (SSSR count). The van der Waals surface area contributed by atoms with Crippen LogP contribution < -0.4 is 0 Å². The fraction of sp³-hybridized carbons (Fsp3) is 1.00. The van der Waals surface area contributed by atoms with Crippen LogP contribution in [0, 0.1) is 11.8 Å². The molecular formula is C20H41N3O. The molecular weight excluding hydrogens is 298 g/mol. The molecule has 1 spiro atoms. The normalized spacial score (nSPS) is 26.2. The van der Waals surface area contributed by atoms with Crippen molar-refractivity contribution in [2.45, 2.75) is 52.5 Å². The van der Waals surface area contributed by atoms with E-state index in [0.717, 1.165) is 25.0 Å². The highest BCUT2D eigenvalue weighted by Gasteiger charge is 2.47. The van der Waals surface area contributed by atoms with E-state index in [-0.39, 0.29) is 0 Å². The highest BCUT2D eigenvalue weighted by molar-refractivity contribution is 5.02. The highest BCUT2D eigenvalue weighted by Crippen LogP contribution is 2.31. The summed E-state index contributed by atoms with van der Waals surface area (Å²) in [6, 6.07) is 0. The van der Waals surface area contributed by atoms with E-state index in [1.165, 1.54) is 65.1 Å². The lowest BCUT2D eigenvalue weighted by atomic mass is 9.89. The summed E-state index contributed by atoms with van der Waals surface area (Å²) in [5.41, 5.74) is 0.343. The maximum absolute atomic E-state index is 5.61. The fourth-order valence-electron chi connectivity index (χ4n) is 4.34. The monoisotopic (exact) mass is 339 g/mol. The molecule has 142 valence electrons. The van der Waals surface area contributed by atoms with E-state index in [0.29, 0.717) is 5.54 Å². The van der Waals surface area contributed by atoms with Gasteiger partial charge in [-0.2, -0.15) is 0 Å². The van der Waals surface area contributed by atoms with Gasteiger partial charge in [0.1, 0.15) is 0 Å². The van der Waals surface area contributed by atoms with E-state index >= 15 is 0 Å². The van der Waals surface area contributed by atoms with Crippen LogP contribution in [-0.2, 0) is 4.74 Å². The predicted molar refractivity (Wildman–Crippen MR) is 103 cm³/mol. The molecule has 3 fully saturated rings. The van der Waals surface area contributed by atoms with Crippen LogP contribution in [0.25, 0.3) is 0 Å². The van der Waals surface area contributed by atoms with Gasteiger partial charge >= 0.3 is 0 Å². The number of piperidine rings is 1. The lowest BCUT2D eigenvalue weighted by Crippen LogP contribution is -2.71. The Morgan fingerprint density at radius 3 is 2.25 bits per heavy atom. The lowest BCUT2D eigenvalue weighted by Gasteiger charge is -2.56. The third-order valence-electron chi connectivity index (χ3n) is 5.89. The maximum atomic E-state index is 5.61. The summed E-state index contributed by atoms with van der Waals surface area (Å²) >= 11 is 0. The second-order valence-corrected chi connectivity index (χ2v) is 8.37. The van der Waals surface area contributed by atoms with Gasteiger partial charge in [-0.15, -0.1) is 0 Å². The highest BCUT2D eigenvalue weighted by atomic mass is 16.5. The summed E-state index contributed by atoms with van der Waals surface area (Å²) in [6.07, 6.45) is 4.20. The summed E-state index contributed by atoms with van der Waals surface area (Å²) < 4.78 is 5.61. The van der Waals surface area contributed by atoms with E-state index in [1.807, 2.05) is 13.8 Å². The zero-order valence-electron chi connectivity index (χ0n) is 16.9. The third kappa shape index (κ3) is 5.17. The Bertz CT molecular complexity index is 349. The van der Waals surface area contributed by atoms with Crippen LogP contribution in [0.3, 0.4) is 0 Å². The van der Waals surface area contributed by atoms with Crippen LogP contribution in [0.2, 0.25) is 0 Å². The lowest BCUT2D eigenvalue weighted by molar-refractivity contribution is -0.172. The van der Waals surface area contributed by atoms with Crippen LogP contribution in [0.15, 0.2) is 0 Å². The quantitative estimate of drug-likeness (QED) is 0.766. The summed E-state index contributed by atoms with van der Waals surface area (Å²) in [6.45, 7) is 19.4. The van der Waals surface area contributed by atoms with E-state index in [2.05, 4.69) is 35.6 Å². The first kappa shape index (κ1) is 20.2. The molecule has 0 aromatic rings. The first-order chi connectivity index (χ1) is 11.6. The minimum Gasteiger partial charge on any atom is -0.377 e. The van der Waals surface area contributed by atoms with Gasteiger partial charge in [0, 0.05) is 26.2 Å². The zero-order chi connectivity index (χ0) is 17.6. The van der Waals surface area contributed by atoms with Gasteiger partial charge in [0.05, 0.1) is 18.8 Å². The van der Waals surface area contributed by atoms with Crippen molar-refractivity contribution in [3.63, 3.8) is 0 Å². The average Bonchev–Trinajstić information content (AvgIpc) is 2.55. The van der Waals surface area contributed by atoms with Gasteiger partial charge in [-0.3, -0.25) is 4.90 Å². The Hall–Kier alpha value is -0.160. The maximum Gasteiger partial charge on any atom is 0.0807 e. The molecule has 4 heteroatoms. The Kier molecular flexibility index (Phi) is 7.99. The molecule has 0 saturated carbocycles. The van der Waals surface area contributed by atoms with Crippen LogP contribution in [0.4, 0.5) is 0 Å². The first-order valence-corrected chi connectivity index (χ1v) is 10.3. The van der Waals surface area contributed by atoms with Gasteiger partial charge in [0.25, 0.3) is 0 Å². The summed E-state index contributed by atoms with van der Waals surface area (Å²) in [5.74, 6) is 1.71. The minimum atomic E-state index is 0.343. The standard InChI is InChI=1S/C18H35N3O.C2H6/c1-16(2)12-21-11-10-20(13-18(21)14-22-15-18)9-6-17-4-7-19(3)8-5-17;1-2/h16-17H,4-15H2,1-3H3;1-2H3. The number of hydrogen-bond donors (Lipinski definition) is 0. The van der Waals surface area contributed by atoms with Gasteiger partial charge in [-0.1, -0.05) is 27.7 Å². The van der Waals surface area contributed by atoms with Gasteiger partial charge in [0.15, 0.2) is 0 Å². The van der Waals surface area contributed by atoms with Crippen molar-refractivity contribution in [2.24, 2.45) is 11.8 Å². The van der Waals surface area contributed by atoms with E-state index in [1.54, 1.807) is 0 Å². The minimum absolute atomic E-state index is 0.343. The molecule has 0 aliphatic carbocycles. The first-order valence-electron chi connectivity index (χ1n) is 10.3. The van der Waals surface area contributed by atoms with Gasteiger partial charge in [0.2, 0.25) is 0 Å². The fourth-order valence-corrected chi connectivity index (χ4v) is 4.34. The molecule has 0 amide bonds. The smallest absolute Gasteiger partial charge is 0.0807 e. The van der Waals surface area contributed by atoms with E-state index in [4.69, 9.17) is 4.74 Å². The van der Waals surface area contributed by atoms with Crippen molar-refractivity contribution in [1.29, 1.82) is 0 Å². The number of likely N-dealkylation sites (tertiary alicyclic amines) is 1. The molecule has 4 nitrogen and oxygen atoms in total. The average molecular weight is 340 g/mol. The zero-order valence-corrected chi connectivity index (χ0v) is 16.9. The SMILES string of the molecule is CC.CC(C)CN1CCN(CCC2CCN(C)CC2)CC12COC2. The Morgan fingerprint density at radius 2 is 1.71 bits per heavy atom. The second kappa shape index (κ2) is 9.51. The van der Waals surface area contributed by atoms with Crippen molar-refractivity contribution in [3.8, 4) is 0 Å². The number of ether oxygens (including phenoxy) is 1. The van der Waals surface area contributed by atoms with Crippen molar-refractivity contribution in [1.82, 2.24) is 14.7 Å².